The second-order valence-electron chi connectivity index (χ2n) is 5.19. The van der Waals surface area contributed by atoms with Crippen LogP contribution < -0.4 is 4.74 Å². The quantitative estimate of drug-likeness (QED) is 0.871. The van der Waals surface area contributed by atoms with Crippen LogP contribution in [0.25, 0.3) is 10.2 Å². The first kappa shape index (κ1) is 13.3. The first-order valence-corrected chi connectivity index (χ1v) is 7.71. The molecule has 3 rings (SSSR count). The molecule has 5 nitrogen and oxygen atoms in total. The van der Waals surface area contributed by atoms with Gasteiger partial charge in [-0.2, -0.15) is 0 Å². The summed E-state index contributed by atoms with van der Waals surface area (Å²) in [5.74, 6) is 1.11. The van der Waals surface area contributed by atoms with E-state index in [1.165, 1.54) is 24.1 Å². The van der Waals surface area contributed by atoms with Crippen molar-refractivity contribution in [2.45, 2.75) is 19.8 Å². The Balaban J connectivity index is 1.64. The van der Waals surface area contributed by atoms with Gasteiger partial charge in [-0.25, -0.2) is 9.97 Å². The van der Waals surface area contributed by atoms with Gasteiger partial charge in [-0.1, -0.05) is 6.92 Å². The zero-order valence-electron chi connectivity index (χ0n) is 11.4. The summed E-state index contributed by atoms with van der Waals surface area (Å²) in [6.45, 7) is 3.90. The molecule has 1 unspecified atom stereocenters. The molecular weight excluding hydrogens is 274 g/mol. The molecule has 1 aliphatic heterocycles. The Morgan fingerprint density at radius 3 is 3.30 bits per heavy atom. The summed E-state index contributed by atoms with van der Waals surface area (Å²) in [6.07, 6.45) is 3.75. The fourth-order valence-corrected chi connectivity index (χ4v) is 3.24. The summed E-state index contributed by atoms with van der Waals surface area (Å²) in [5, 5.41) is 2.82. The Morgan fingerprint density at radius 1 is 1.55 bits per heavy atom. The van der Waals surface area contributed by atoms with Crippen LogP contribution in [0.15, 0.2) is 17.8 Å². The van der Waals surface area contributed by atoms with E-state index in [1.54, 1.807) is 0 Å². The number of ether oxygens (including phenoxy) is 1. The van der Waals surface area contributed by atoms with Crippen molar-refractivity contribution < 1.29 is 9.53 Å². The van der Waals surface area contributed by atoms with Gasteiger partial charge in [0.05, 0.1) is 5.39 Å². The second kappa shape index (κ2) is 5.75. The highest BCUT2D eigenvalue weighted by Crippen LogP contribution is 2.25. The molecule has 20 heavy (non-hydrogen) atoms. The van der Waals surface area contributed by atoms with Gasteiger partial charge < -0.3 is 9.64 Å². The van der Waals surface area contributed by atoms with Crippen LogP contribution >= 0.6 is 11.3 Å². The summed E-state index contributed by atoms with van der Waals surface area (Å²) in [4.78, 5) is 23.2. The van der Waals surface area contributed by atoms with Crippen LogP contribution in [0.1, 0.15) is 19.8 Å². The Kier molecular flexibility index (Phi) is 3.82. The number of rotatable bonds is 3. The number of hydrogen-bond acceptors (Lipinski definition) is 5. The Morgan fingerprint density at radius 2 is 2.45 bits per heavy atom. The lowest BCUT2D eigenvalue weighted by Crippen LogP contribution is -2.41. The van der Waals surface area contributed by atoms with E-state index in [2.05, 4.69) is 16.9 Å². The highest BCUT2D eigenvalue weighted by molar-refractivity contribution is 7.16. The monoisotopic (exact) mass is 291 g/mol. The molecule has 0 bridgehead atoms. The molecule has 0 N–H and O–H groups in total. The lowest BCUT2D eigenvalue weighted by atomic mass is 10.0. The number of aromatic nitrogens is 2. The van der Waals surface area contributed by atoms with E-state index in [4.69, 9.17) is 4.74 Å². The summed E-state index contributed by atoms with van der Waals surface area (Å²) in [7, 11) is 0. The van der Waals surface area contributed by atoms with Crippen LogP contribution in [-0.2, 0) is 4.79 Å². The third kappa shape index (κ3) is 2.75. The van der Waals surface area contributed by atoms with Gasteiger partial charge in [-0.05, 0) is 30.2 Å². The molecule has 0 aromatic carbocycles. The molecule has 3 heterocycles. The summed E-state index contributed by atoms with van der Waals surface area (Å²) in [5.41, 5.74) is 0. The standard InChI is InChI=1S/C14H17N3O2S/c1-10-3-2-5-17(7-10)12(18)8-19-13-11-4-6-20-14(11)16-9-15-13/h4,6,9-10H,2-3,5,7-8H2,1H3. The Hall–Kier alpha value is -1.69. The Labute approximate surface area is 121 Å². The van der Waals surface area contributed by atoms with Gasteiger partial charge in [0.25, 0.3) is 5.91 Å². The van der Waals surface area contributed by atoms with Gasteiger partial charge in [0, 0.05) is 13.1 Å². The highest BCUT2D eigenvalue weighted by Gasteiger charge is 2.21. The van der Waals surface area contributed by atoms with E-state index in [9.17, 15) is 4.79 Å². The maximum absolute atomic E-state index is 12.2. The van der Waals surface area contributed by atoms with Crippen LogP contribution in [-0.4, -0.2) is 40.5 Å². The number of carbonyl (C=O) groups excluding carboxylic acids is 1. The molecule has 0 aliphatic carbocycles. The van der Waals surface area contributed by atoms with Gasteiger partial charge >= 0.3 is 0 Å². The number of piperidine rings is 1. The molecule has 1 aliphatic rings. The predicted octanol–water partition coefficient (Wildman–Crippen LogP) is 2.33. The largest absolute Gasteiger partial charge is 0.467 e. The molecule has 0 radical (unpaired) electrons. The highest BCUT2D eigenvalue weighted by atomic mass is 32.1. The minimum absolute atomic E-state index is 0.0403. The normalized spacial score (nSPS) is 19.2. The number of fused-ring (bicyclic) bond motifs is 1. The summed E-state index contributed by atoms with van der Waals surface area (Å²) < 4.78 is 5.59. The van der Waals surface area contributed by atoms with Gasteiger partial charge in [-0.15, -0.1) is 11.3 Å². The van der Waals surface area contributed by atoms with Crippen molar-refractivity contribution in [3.05, 3.63) is 17.8 Å². The molecule has 6 heteroatoms. The van der Waals surface area contributed by atoms with Crippen molar-refractivity contribution >= 4 is 27.5 Å². The molecule has 2 aromatic rings. The zero-order chi connectivity index (χ0) is 13.9. The molecule has 1 atom stereocenters. The van der Waals surface area contributed by atoms with Crippen molar-refractivity contribution in [2.24, 2.45) is 5.92 Å². The van der Waals surface area contributed by atoms with E-state index in [1.807, 2.05) is 16.3 Å². The SMILES string of the molecule is CC1CCCN(C(=O)COc2ncnc3sccc23)C1. The van der Waals surface area contributed by atoms with E-state index in [-0.39, 0.29) is 12.5 Å². The fourth-order valence-electron chi connectivity index (χ4n) is 2.52. The van der Waals surface area contributed by atoms with Crippen molar-refractivity contribution in [1.29, 1.82) is 0 Å². The topological polar surface area (TPSA) is 55.3 Å². The number of amides is 1. The smallest absolute Gasteiger partial charge is 0.260 e. The summed E-state index contributed by atoms with van der Waals surface area (Å²) in [6, 6.07) is 1.92. The maximum atomic E-state index is 12.2. The van der Waals surface area contributed by atoms with Crippen molar-refractivity contribution in [3.8, 4) is 5.88 Å². The minimum Gasteiger partial charge on any atom is -0.467 e. The van der Waals surface area contributed by atoms with Crippen LogP contribution in [0.4, 0.5) is 0 Å². The zero-order valence-corrected chi connectivity index (χ0v) is 12.2. The van der Waals surface area contributed by atoms with Crippen LogP contribution in [0.5, 0.6) is 5.88 Å². The van der Waals surface area contributed by atoms with Gasteiger partial charge in [0.2, 0.25) is 5.88 Å². The second-order valence-corrected chi connectivity index (χ2v) is 6.09. The van der Waals surface area contributed by atoms with Gasteiger partial charge in [0.15, 0.2) is 6.61 Å². The molecule has 2 aromatic heterocycles. The Bertz CT molecular complexity index is 613. The van der Waals surface area contributed by atoms with Crippen LogP contribution in [0.3, 0.4) is 0 Å². The maximum Gasteiger partial charge on any atom is 0.260 e. The third-order valence-corrected chi connectivity index (χ3v) is 4.39. The first-order valence-electron chi connectivity index (χ1n) is 6.83. The van der Waals surface area contributed by atoms with Gasteiger partial charge in [0.1, 0.15) is 11.2 Å². The van der Waals surface area contributed by atoms with E-state index in [0.717, 1.165) is 29.7 Å². The number of carbonyl (C=O) groups is 1. The number of nitrogens with zero attached hydrogens (tertiary/aromatic N) is 3. The average molecular weight is 291 g/mol. The van der Waals surface area contributed by atoms with E-state index in [0.29, 0.717) is 11.8 Å². The average Bonchev–Trinajstić information content (AvgIpc) is 2.93. The predicted molar refractivity (Wildman–Crippen MR) is 77.9 cm³/mol. The lowest BCUT2D eigenvalue weighted by Gasteiger charge is -2.30. The van der Waals surface area contributed by atoms with Crippen LogP contribution in [0, 0.1) is 5.92 Å². The van der Waals surface area contributed by atoms with Crippen molar-refractivity contribution in [3.63, 3.8) is 0 Å². The fraction of sp³-hybridized carbons (Fsp3) is 0.500. The number of hydrogen-bond donors (Lipinski definition) is 0. The number of likely N-dealkylation sites (tertiary alicyclic amines) is 1. The van der Waals surface area contributed by atoms with E-state index >= 15 is 0 Å². The first-order chi connectivity index (χ1) is 9.74. The molecule has 1 fully saturated rings. The third-order valence-electron chi connectivity index (χ3n) is 3.57. The van der Waals surface area contributed by atoms with Crippen LogP contribution in [0.2, 0.25) is 0 Å². The lowest BCUT2D eigenvalue weighted by molar-refractivity contribution is -0.135. The van der Waals surface area contributed by atoms with E-state index < -0.39 is 0 Å². The molecular formula is C14H17N3O2S. The molecule has 1 amide bonds. The number of thiophene rings is 1. The van der Waals surface area contributed by atoms with Crippen molar-refractivity contribution in [1.82, 2.24) is 14.9 Å². The molecule has 1 saturated heterocycles. The minimum atomic E-state index is 0.0403. The molecule has 106 valence electrons. The van der Waals surface area contributed by atoms with Gasteiger partial charge in [-0.3, -0.25) is 4.79 Å². The summed E-state index contributed by atoms with van der Waals surface area (Å²) >= 11 is 1.54. The van der Waals surface area contributed by atoms with Crippen molar-refractivity contribution in [2.75, 3.05) is 19.7 Å². The molecule has 0 saturated carbocycles. The molecule has 0 spiro atoms.